The van der Waals surface area contributed by atoms with Gasteiger partial charge in [0.25, 0.3) is 0 Å². The summed E-state index contributed by atoms with van der Waals surface area (Å²) in [6.45, 7) is 3.58. The maximum Gasteiger partial charge on any atom is 0.330 e. The van der Waals surface area contributed by atoms with Crippen LogP contribution in [0.15, 0.2) is 24.3 Å². The molecule has 20 heavy (non-hydrogen) atoms. The Labute approximate surface area is 115 Å². The summed E-state index contributed by atoms with van der Waals surface area (Å²) in [4.78, 5) is 20.8. The molecule has 0 saturated carbocycles. The molecule has 2 aromatic heterocycles. The molecule has 0 aliphatic rings. The van der Waals surface area contributed by atoms with E-state index in [4.69, 9.17) is 4.74 Å². The van der Waals surface area contributed by atoms with Crippen LogP contribution in [0.25, 0.3) is 22.2 Å². The van der Waals surface area contributed by atoms with Crippen molar-refractivity contribution in [2.24, 2.45) is 0 Å². The summed E-state index contributed by atoms with van der Waals surface area (Å²) in [5.74, 6) is -0.357. The number of aromatic nitrogens is 4. The zero-order chi connectivity index (χ0) is 14.3. The number of carbonyl (C=O) groups is 1. The highest BCUT2D eigenvalue weighted by molar-refractivity contribution is 5.86. The van der Waals surface area contributed by atoms with Gasteiger partial charge in [-0.25, -0.2) is 19.4 Å². The van der Waals surface area contributed by atoms with Crippen molar-refractivity contribution in [1.82, 2.24) is 19.7 Å². The zero-order valence-corrected chi connectivity index (χ0v) is 11.5. The fraction of sp³-hybridized carbons (Fsp3) is 0.286. The van der Waals surface area contributed by atoms with Crippen molar-refractivity contribution >= 4 is 28.2 Å². The normalized spacial score (nSPS) is 12.8. The molecule has 0 bridgehead atoms. The number of benzene rings is 1. The Bertz CT molecular complexity index is 809. The Kier molecular flexibility index (Phi) is 2.85. The van der Waals surface area contributed by atoms with Crippen molar-refractivity contribution in [1.29, 1.82) is 0 Å². The second kappa shape index (κ2) is 4.56. The molecule has 2 heterocycles. The van der Waals surface area contributed by atoms with E-state index in [0.717, 1.165) is 16.7 Å². The van der Waals surface area contributed by atoms with Gasteiger partial charge in [-0.15, -0.1) is 0 Å². The number of esters is 1. The highest BCUT2D eigenvalue weighted by Gasteiger charge is 2.21. The molecule has 0 aliphatic carbocycles. The molecule has 0 spiro atoms. The van der Waals surface area contributed by atoms with Crippen LogP contribution < -0.4 is 0 Å². The van der Waals surface area contributed by atoms with Crippen LogP contribution in [-0.2, 0) is 9.53 Å². The molecule has 0 radical (unpaired) electrons. The summed E-state index contributed by atoms with van der Waals surface area (Å²) < 4.78 is 6.33. The lowest BCUT2D eigenvalue weighted by atomic mass is 10.3. The number of hydrogen-bond acceptors (Lipinski definition) is 5. The molecule has 3 aromatic rings. The van der Waals surface area contributed by atoms with Gasteiger partial charge < -0.3 is 4.74 Å². The summed E-state index contributed by atoms with van der Waals surface area (Å²) in [5, 5.41) is 4.37. The first-order valence-corrected chi connectivity index (χ1v) is 6.31. The van der Waals surface area contributed by atoms with Gasteiger partial charge >= 0.3 is 5.97 Å². The lowest BCUT2D eigenvalue weighted by molar-refractivity contribution is -0.144. The molecular weight excluding hydrogens is 256 g/mol. The lowest BCUT2D eigenvalue weighted by Gasteiger charge is -2.10. The summed E-state index contributed by atoms with van der Waals surface area (Å²) in [5.41, 5.74) is 3.64. The van der Waals surface area contributed by atoms with E-state index in [0.29, 0.717) is 11.2 Å². The Balaban J connectivity index is 2.28. The zero-order valence-electron chi connectivity index (χ0n) is 11.5. The van der Waals surface area contributed by atoms with Gasteiger partial charge in [0, 0.05) is 0 Å². The Morgan fingerprint density at radius 2 is 1.90 bits per heavy atom. The SMILES string of the molecule is COC(=O)[C@@H](C)n1nc(C)c2nc3ccccc3nc21. The molecule has 1 aromatic carbocycles. The maximum atomic E-state index is 11.7. The summed E-state index contributed by atoms with van der Waals surface area (Å²) in [6.07, 6.45) is 0. The number of methoxy groups -OCH3 is 1. The molecule has 6 heteroatoms. The first-order chi connectivity index (χ1) is 9.61. The van der Waals surface area contributed by atoms with Crippen LogP contribution in [0, 0.1) is 6.92 Å². The minimum absolute atomic E-state index is 0.357. The average Bonchev–Trinajstić information content (AvgIpc) is 2.80. The molecule has 6 nitrogen and oxygen atoms in total. The fourth-order valence-electron chi connectivity index (χ4n) is 2.19. The van der Waals surface area contributed by atoms with Crippen molar-refractivity contribution in [2.45, 2.75) is 19.9 Å². The van der Waals surface area contributed by atoms with Crippen LogP contribution in [0.5, 0.6) is 0 Å². The third-order valence-electron chi connectivity index (χ3n) is 3.28. The van der Waals surface area contributed by atoms with E-state index in [1.807, 2.05) is 31.2 Å². The van der Waals surface area contributed by atoms with Gasteiger partial charge in [-0.2, -0.15) is 5.10 Å². The van der Waals surface area contributed by atoms with E-state index >= 15 is 0 Å². The summed E-state index contributed by atoms with van der Waals surface area (Å²) >= 11 is 0. The first kappa shape index (κ1) is 12.5. The molecule has 0 aliphatic heterocycles. The summed E-state index contributed by atoms with van der Waals surface area (Å²) in [7, 11) is 1.36. The Morgan fingerprint density at radius 3 is 2.55 bits per heavy atom. The van der Waals surface area contributed by atoms with E-state index < -0.39 is 6.04 Å². The smallest absolute Gasteiger partial charge is 0.330 e. The predicted molar refractivity (Wildman–Crippen MR) is 74.3 cm³/mol. The van der Waals surface area contributed by atoms with Gasteiger partial charge in [-0.1, -0.05) is 12.1 Å². The van der Waals surface area contributed by atoms with Gasteiger partial charge in [0.2, 0.25) is 0 Å². The number of hydrogen-bond donors (Lipinski definition) is 0. The van der Waals surface area contributed by atoms with Crippen LogP contribution >= 0.6 is 0 Å². The van der Waals surface area contributed by atoms with E-state index in [1.165, 1.54) is 7.11 Å². The number of nitrogens with zero attached hydrogens (tertiary/aromatic N) is 4. The van der Waals surface area contributed by atoms with E-state index in [1.54, 1.807) is 11.6 Å². The minimum Gasteiger partial charge on any atom is -0.467 e. The number of para-hydroxylation sites is 2. The molecular formula is C14H14N4O2. The molecule has 0 amide bonds. The van der Waals surface area contributed by atoms with Crippen molar-refractivity contribution in [2.75, 3.05) is 7.11 Å². The third kappa shape index (κ3) is 1.80. The van der Waals surface area contributed by atoms with Crippen molar-refractivity contribution < 1.29 is 9.53 Å². The number of fused-ring (bicyclic) bond motifs is 2. The molecule has 0 saturated heterocycles. The number of carbonyl (C=O) groups excluding carboxylic acids is 1. The second-order valence-electron chi connectivity index (χ2n) is 4.61. The molecule has 0 N–H and O–H groups in total. The Morgan fingerprint density at radius 1 is 1.25 bits per heavy atom. The van der Waals surface area contributed by atoms with Gasteiger partial charge in [0.15, 0.2) is 5.65 Å². The standard InChI is InChI=1S/C14H14N4O2/c1-8-12-13(18(17-8)9(2)14(19)20-3)16-11-7-5-4-6-10(11)15-12/h4-7,9H,1-3H3/t9-/m1/s1. The predicted octanol–water partition coefficient (Wildman–Crippen LogP) is 2.02. The van der Waals surface area contributed by atoms with Crippen LogP contribution in [0.3, 0.4) is 0 Å². The second-order valence-corrected chi connectivity index (χ2v) is 4.61. The summed E-state index contributed by atoms with van der Waals surface area (Å²) in [6, 6.07) is 7.07. The maximum absolute atomic E-state index is 11.7. The van der Waals surface area contributed by atoms with E-state index in [2.05, 4.69) is 15.1 Å². The van der Waals surface area contributed by atoms with Gasteiger partial charge in [-0.05, 0) is 26.0 Å². The van der Waals surface area contributed by atoms with Gasteiger partial charge in [0.1, 0.15) is 11.6 Å². The molecule has 0 unspecified atom stereocenters. The van der Waals surface area contributed by atoms with Crippen LogP contribution in [0.4, 0.5) is 0 Å². The lowest BCUT2D eigenvalue weighted by Crippen LogP contribution is -2.19. The van der Waals surface area contributed by atoms with Crippen LogP contribution in [0.2, 0.25) is 0 Å². The number of rotatable bonds is 2. The largest absolute Gasteiger partial charge is 0.467 e. The van der Waals surface area contributed by atoms with Gasteiger partial charge in [0.05, 0.1) is 23.8 Å². The first-order valence-electron chi connectivity index (χ1n) is 6.31. The van der Waals surface area contributed by atoms with Gasteiger partial charge in [-0.3, -0.25) is 0 Å². The van der Waals surface area contributed by atoms with Crippen molar-refractivity contribution in [3.63, 3.8) is 0 Å². The van der Waals surface area contributed by atoms with E-state index in [-0.39, 0.29) is 5.97 Å². The molecule has 102 valence electrons. The molecule has 3 rings (SSSR count). The minimum atomic E-state index is -0.535. The number of aryl methyl sites for hydroxylation is 1. The average molecular weight is 270 g/mol. The fourth-order valence-corrected chi connectivity index (χ4v) is 2.19. The van der Waals surface area contributed by atoms with Crippen molar-refractivity contribution in [3.05, 3.63) is 30.0 Å². The molecule has 0 fully saturated rings. The Hall–Kier alpha value is -2.50. The van der Waals surface area contributed by atoms with E-state index in [9.17, 15) is 4.79 Å². The monoisotopic (exact) mass is 270 g/mol. The highest BCUT2D eigenvalue weighted by Crippen LogP contribution is 2.21. The van der Waals surface area contributed by atoms with Crippen molar-refractivity contribution in [3.8, 4) is 0 Å². The van der Waals surface area contributed by atoms with Crippen LogP contribution in [0.1, 0.15) is 18.7 Å². The quantitative estimate of drug-likeness (QED) is 0.666. The number of ether oxygens (including phenoxy) is 1. The van der Waals surface area contributed by atoms with Crippen LogP contribution in [-0.4, -0.2) is 32.8 Å². The molecule has 1 atom stereocenters. The third-order valence-corrected chi connectivity index (χ3v) is 3.28. The highest BCUT2D eigenvalue weighted by atomic mass is 16.5. The topological polar surface area (TPSA) is 69.9 Å².